The third-order valence-electron chi connectivity index (χ3n) is 3.17. The molecule has 126 valence electrons. The lowest BCUT2D eigenvalue weighted by molar-refractivity contribution is -0.116. The summed E-state index contributed by atoms with van der Waals surface area (Å²) in [5, 5.41) is 5.98. The van der Waals surface area contributed by atoms with Crippen molar-refractivity contribution in [2.24, 2.45) is 0 Å². The van der Waals surface area contributed by atoms with Gasteiger partial charge >= 0.3 is 0 Å². The molecule has 0 fully saturated rings. The van der Waals surface area contributed by atoms with Gasteiger partial charge in [0.05, 0.1) is 5.02 Å². The molecule has 5 nitrogen and oxygen atoms in total. The minimum Gasteiger partial charge on any atom is -0.347 e. The molecule has 2 N–H and O–H groups in total. The Hall–Kier alpha value is -2.11. The number of benzene rings is 1. The molecule has 0 bridgehead atoms. The smallest absolute Gasteiger partial charge is 0.271 e. The van der Waals surface area contributed by atoms with E-state index in [0.717, 1.165) is 12.0 Å². The molecule has 0 radical (unpaired) electrons. The summed E-state index contributed by atoms with van der Waals surface area (Å²) in [5.74, 6) is -0.448. The largest absolute Gasteiger partial charge is 0.347 e. The summed E-state index contributed by atoms with van der Waals surface area (Å²) in [7, 11) is 0. The molecule has 0 aliphatic rings. The number of halogens is 2. The van der Waals surface area contributed by atoms with Crippen molar-refractivity contribution in [2.75, 3.05) is 5.32 Å². The van der Waals surface area contributed by atoms with Crippen molar-refractivity contribution in [1.82, 2.24) is 10.3 Å². The fourth-order valence-electron chi connectivity index (χ4n) is 2.05. The minimum atomic E-state index is -0.414. The second kappa shape index (κ2) is 8.66. The molecule has 1 heterocycles. The van der Waals surface area contributed by atoms with Gasteiger partial charge < -0.3 is 10.6 Å². The van der Waals surface area contributed by atoms with Gasteiger partial charge in [-0.05, 0) is 36.2 Å². The molecule has 7 heteroatoms. The van der Waals surface area contributed by atoms with E-state index in [1.807, 2.05) is 19.1 Å². The Labute approximate surface area is 150 Å². The lowest BCUT2D eigenvalue weighted by Crippen LogP contribution is -2.24. The van der Waals surface area contributed by atoms with Crippen molar-refractivity contribution in [3.05, 3.63) is 57.8 Å². The van der Waals surface area contributed by atoms with Crippen molar-refractivity contribution in [3.63, 3.8) is 0 Å². The standard InChI is InChI=1S/C17H17Cl2N3O2/c1-2-4-15(23)21-12-6-3-5-11(9-12)10-20-17(24)16-13(18)7-8-14(19)22-16/h3,5-9H,2,4,10H2,1H3,(H,20,24)(H,21,23). The van der Waals surface area contributed by atoms with Crippen molar-refractivity contribution >= 4 is 40.7 Å². The van der Waals surface area contributed by atoms with Crippen molar-refractivity contribution < 1.29 is 9.59 Å². The topological polar surface area (TPSA) is 71.1 Å². The second-order valence-electron chi connectivity index (χ2n) is 5.15. The Kier molecular flexibility index (Phi) is 6.58. The van der Waals surface area contributed by atoms with Gasteiger partial charge in [-0.25, -0.2) is 4.98 Å². The van der Waals surface area contributed by atoms with Crippen LogP contribution in [0, 0.1) is 0 Å². The zero-order valence-corrected chi connectivity index (χ0v) is 14.6. The maximum Gasteiger partial charge on any atom is 0.271 e. The molecule has 0 atom stereocenters. The highest BCUT2D eigenvalue weighted by Gasteiger charge is 2.12. The SMILES string of the molecule is CCCC(=O)Nc1cccc(CNC(=O)c2nc(Cl)ccc2Cl)c1. The Morgan fingerprint density at radius 2 is 1.96 bits per heavy atom. The van der Waals surface area contributed by atoms with Crippen molar-refractivity contribution in [3.8, 4) is 0 Å². The van der Waals surface area contributed by atoms with Crippen LogP contribution in [0.2, 0.25) is 10.2 Å². The average molecular weight is 366 g/mol. The van der Waals surface area contributed by atoms with Crippen molar-refractivity contribution in [2.45, 2.75) is 26.3 Å². The third-order valence-corrected chi connectivity index (χ3v) is 3.68. The number of anilines is 1. The highest BCUT2D eigenvalue weighted by atomic mass is 35.5. The molecule has 0 saturated carbocycles. The first-order valence-corrected chi connectivity index (χ1v) is 8.24. The lowest BCUT2D eigenvalue weighted by Gasteiger charge is -2.09. The van der Waals surface area contributed by atoms with E-state index in [4.69, 9.17) is 23.2 Å². The van der Waals surface area contributed by atoms with Gasteiger partial charge in [-0.3, -0.25) is 9.59 Å². The fourth-order valence-corrected chi connectivity index (χ4v) is 2.39. The van der Waals surface area contributed by atoms with Crippen LogP contribution in [0.3, 0.4) is 0 Å². The first kappa shape index (κ1) is 18.2. The average Bonchev–Trinajstić information content (AvgIpc) is 2.55. The monoisotopic (exact) mass is 365 g/mol. The normalized spacial score (nSPS) is 10.3. The maximum atomic E-state index is 12.2. The summed E-state index contributed by atoms with van der Waals surface area (Å²) >= 11 is 11.7. The van der Waals surface area contributed by atoms with Crippen LogP contribution in [0.15, 0.2) is 36.4 Å². The predicted octanol–water partition coefficient (Wildman–Crippen LogP) is 4.06. The number of carbonyl (C=O) groups is 2. The van der Waals surface area contributed by atoms with Gasteiger partial charge in [-0.15, -0.1) is 0 Å². The fraction of sp³-hybridized carbons (Fsp3) is 0.235. The van der Waals surface area contributed by atoms with E-state index in [-0.39, 0.29) is 28.3 Å². The number of aromatic nitrogens is 1. The summed E-state index contributed by atoms with van der Waals surface area (Å²) < 4.78 is 0. The van der Waals surface area contributed by atoms with Crippen LogP contribution < -0.4 is 10.6 Å². The number of nitrogens with zero attached hydrogens (tertiary/aromatic N) is 1. The molecule has 0 unspecified atom stereocenters. The number of rotatable bonds is 6. The van der Waals surface area contributed by atoms with Gasteiger partial charge in [-0.2, -0.15) is 0 Å². The van der Waals surface area contributed by atoms with Gasteiger partial charge in [0.1, 0.15) is 10.8 Å². The van der Waals surface area contributed by atoms with E-state index in [9.17, 15) is 9.59 Å². The first-order valence-electron chi connectivity index (χ1n) is 7.48. The van der Waals surface area contributed by atoms with Crippen LogP contribution in [-0.2, 0) is 11.3 Å². The Bertz CT molecular complexity index is 750. The molecule has 1 aromatic carbocycles. The van der Waals surface area contributed by atoms with Crippen LogP contribution in [0.5, 0.6) is 0 Å². The predicted molar refractivity (Wildman–Crippen MR) is 95.4 cm³/mol. The van der Waals surface area contributed by atoms with E-state index >= 15 is 0 Å². The number of nitrogens with one attached hydrogen (secondary N) is 2. The second-order valence-corrected chi connectivity index (χ2v) is 5.94. The Morgan fingerprint density at radius 3 is 2.71 bits per heavy atom. The highest BCUT2D eigenvalue weighted by Crippen LogP contribution is 2.17. The number of pyridine rings is 1. The zero-order chi connectivity index (χ0) is 17.5. The van der Waals surface area contributed by atoms with E-state index in [1.165, 1.54) is 12.1 Å². The van der Waals surface area contributed by atoms with Crippen LogP contribution >= 0.6 is 23.2 Å². The molecule has 0 aliphatic heterocycles. The third kappa shape index (κ3) is 5.22. The van der Waals surface area contributed by atoms with Crippen molar-refractivity contribution in [1.29, 1.82) is 0 Å². The number of amides is 2. The lowest BCUT2D eigenvalue weighted by atomic mass is 10.2. The molecule has 24 heavy (non-hydrogen) atoms. The summed E-state index contributed by atoms with van der Waals surface area (Å²) in [6, 6.07) is 10.3. The van der Waals surface area contributed by atoms with Gasteiger partial charge in [0, 0.05) is 18.7 Å². The van der Waals surface area contributed by atoms with E-state index in [2.05, 4.69) is 15.6 Å². The van der Waals surface area contributed by atoms with Crippen LogP contribution in [0.25, 0.3) is 0 Å². The van der Waals surface area contributed by atoms with E-state index in [0.29, 0.717) is 12.1 Å². The van der Waals surface area contributed by atoms with Gasteiger partial charge in [0.2, 0.25) is 5.91 Å². The Morgan fingerprint density at radius 1 is 1.17 bits per heavy atom. The molecule has 0 aliphatic carbocycles. The van der Waals surface area contributed by atoms with Crippen LogP contribution in [0.1, 0.15) is 35.8 Å². The van der Waals surface area contributed by atoms with E-state index in [1.54, 1.807) is 12.1 Å². The van der Waals surface area contributed by atoms with Crippen LogP contribution in [0.4, 0.5) is 5.69 Å². The number of hydrogen-bond donors (Lipinski definition) is 2. The number of carbonyl (C=O) groups excluding carboxylic acids is 2. The Balaban J connectivity index is 2.00. The molecule has 2 rings (SSSR count). The molecule has 2 amide bonds. The first-order chi connectivity index (χ1) is 11.5. The quantitative estimate of drug-likeness (QED) is 0.758. The zero-order valence-electron chi connectivity index (χ0n) is 13.1. The number of hydrogen-bond acceptors (Lipinski definition) is 3. The maximum absolute atomic E-state index is 12.2. The molecule has 0 saturated heterocycles. The molecular weight excluding hydrogens is 349 g/mol. The summed E-state index contributed by atoms with van der Waals surface area (Å²) in [6.07, 6.45) is 1.26. The van der Waals surface area contributed by atoms with Gasteiger partial charge in [0.25, 0.3) is 5.91 Å². The summed E-state index contributed by atoms with van der Waals surface area (Å²) in [4.78, 5) is 27.7. The summed E-state index contributed by atoms with van der Waals surface area (Å²) in [6.45, 7) is 2.22. The highest BCUT2D eigenvalue weighted by molar-refractivity contribution is 6.34. The molecule has 1 aromatic heterocycles. The minimum absolute atomic E-state index is 0.0337. The van der Waals surface area contributed by atoms with Gasteiger partial charge in [-0.1, -0.05) is 42.3 Å². The molecule has 2 aromatic rings. The molecule has 0 spiro atoms. The van der Waals surface area contributed by atoms with E-state index < -0.39 is 5.91 Å². The van der Waals surface area contributed by atoms with Crippen LogP contribution in [-0.4, -0.2) is 16.8 Å². The molecular formula is C17H17Cl2N3O2. The summed E-state index contributed by atoms with van der Waals surface area (Å²) in [5.41, 5.74) is 1.62. The van der Waals surface area contributed by atoms with Gasteiger partial charge in [0.15, 0.2) is 0 Å².